The van der Waals surface area contributed by atoms with Gasteiger partial charge in [-0.25, -0.2) is 4.98 Å². The van der Waals surface area contributed by atoms with Crippen LogP contribution in [-0.2, 0) is 27.2 Å². The molecule has 7 heteroatoms. The van der Waals surface area contributed by atoms with Gasteiger partial charge in [0.1, 0.15) is 5.82 Å². The normalized spacial score (nSPS) is 15.4. The van der Waals surface area contributed by atoms with Crippen LogP contribution in [0.25, 0.3) is 10.9 Å². The molecular formula is C23H23N3O4. The van der Waals surface area contributed by atoms with Gasteiger partial charge in [-0.15, -0.1) is 0 Å². The Hall–Kier alpha value is -3.48. The van der Waals surface area contributed by atoms with Gasteiger partial charge in [0.2, 0.25) is 0 Å². The molecule has 0 saturated carbocycles. The van der Waals surface area contributed by atoms with Gasteiger partial charge in [0.25, 0.3) is 11.5 Å². The molecule has 0 saturated heterocycles. The second-order valence-electron chi connectivity index (χ2n) is 7.40. The van der Waals surface area contributed by atoms with E-state index in [4.69, 9.17) is 4.74 Å². The number of hydrogen-bond acceptors (Lipinski definition) is 5. The third kappa shape index (κ3) is 4.56. The van der Waals surface area contributed by atoms with Gasteiger partial charge in [-0.05, 0) is 42.5 Å². The van der Waals surface area contributed by atoms with E-state index in [1.165, 1.54) is 5.56 Å². The molecule has 1 heterocycles. The Morgan fingerprint density at radius 2 is 1.93 bits per heavy atom. The number of H-pyrrole nitrogens is 1. The molecule has 1 unspecified atom stereocenters. The van der Waals surface area contributed by atoms with E-state index in [1.54, 1.807) is 24.3 Å². The van der Waals surface area contributed by atoms with E-state index in [1.807, 2.05) is 18.2 Å². The predicted molar refractivity (Wildman–Crippen MR) is 112 cm³/mol. The first kappa shape index (κ1) is 19.8. The van der Waals surface area contributed by atoms with E-state index in [0.717, 1.165) is 24.8 Å². The van der Waals surface area contributed by atoms with Crippen LogP contribution in [0.4, 0.5) is 0 Å². The van der Waals surface area contributed by atoms with Crippen molar-refractivity contribution >= 4 is 22.8 Å². The van der Waals surface area contributed by atoms with Crippen LogP contribution in [0.1, 0.15) is 42.3 Å². The van der Waals surface area contributed by atoms with Gasteiger partial charge in [0.05, 0.1) is 23.4 Å². The van der Waals surface area contributed by atoms with Crippen LogP contribution in [-0.4, -0.2) is 28.5 Å². The molecule has 4 rings (SSSR count). The van der Waals surface area contributed by atoms with E-state index in [9.17, 15) is 14.4 Å². The predicted octanol–water partition coefficient (Wildman–Crippen LogP) is 2.59. The fourth-order valence-corrected chi connectivity index (χ4v) is 3.83. The number of nitrogens with one attached hydrogen (secondary N) is 2. The monoisotopic (exact) mass is 405 g/mol. The van der Waals surface area contributed by atoms with Crippen molar-refractivity contribution in [3.8, 4) is 0 Å². The lowest BCUT2D eigenvalue weighted by atomic mass is 9.88. The van der Waals surface area contributed by atoms with Crippen LogP contribution >= 0.6 is 0 Å². The number of para-hydroxylation sites is 1. The quantitative estimate of drug-likeness (QED) is 0.614. The molecule has 2 aromatic carbocycles. The van der Waals surface area contributed by atoms with Crippen molar-refractivity contribution in [2.24, 2.45) is 0 Å². The summed E-state index contributed by atoms with van der Waals surface area (Å²) < 4.78 is 5.10. The molecule has 1 amide bonds. The zero-order valence-corrected chi connectivity index (χ0v) is 16.5. The van der Waals surface area contributed by atoms with Crippen LogP contribution in [0, 0.1) is 0 Å². The standard InChI is InChI=1S/C23H23N3O4/c27-21(25-18-11-5-7-15-6-1-2-8-16(15)18)14-30-22(28)13-12-20-24-19-10-4-3-9-17(19)23(29)26-20/h1-4,6,8-10,18H,5,7,11-14H2,(H,25,27)(H,24,26,29). The highest BCUT2D eigenvalue weighted by Crippen LogP contribution is 2.29. The number of ether oxygens (including phenoxy) is 1. The summed E-state index contributed by atoms with van der Waals surface area (Å²) >= 11 is 0. The third-order valence-corrected chi connectivity index (χ3v) is 5.30. The first-order valence-electron chi connectivity index (χ1n) is 10.1. The lowest BCUT2D eigenvalue weighted by Gasteiger charge is -2.26. The van der Waals surface area contributed by atoms with Crippen LogP contribution in [0.5, 0.6) is 0 Å². The van der Waals surface area contributed by atoms with Crippen molar-refractivity contribution in [3.63, 3.8) is 0 Å². The van der Waals surface area contributed by atoms with Gasteiger partial charge in [0.15, 0.2) is 6.61 Å². The number of hydrogen-bond donors (Lipinski definition) is 2. The Balaban J connectivity index is 1.27. The van der Waals surface area contributed by atoms with Crippen molar-refractivity contribution in [1.29, 1.82) is 0 Å². The molecule has 0 aliphatic heterocycles. The van der Waals surface area contributed by atoms with Crippen molar-refractivity contribution in [1.82, 2.24) is 15.3 Å². The first-order chi connectivity index (χ1) is 14.6. The molecule has 7 nitrogen and oxygen atoms in total. The summed E-state index contributed by atoms with van der Waals surface area (Å²) in [5, 5.41) is 3.46. The van der Waals surface area contributed by atoms with Crippen molar-refractivity contribution in [3.05, 3.63) is 75.8 Å². The Morgan fingerprint density at radius 3 is 2.83 bits per heavy atom. The zero-order valence-electron chi connectivity index (χ0n) is 16.5. The maximum atomic E-state index is 12.2. The number of benzene rings is 2. The molecule has 0 bridgehead atoms. The lowest BCUT2D eigenvalue weighted by Crippen LogP contribution is -2.34. The molecule has 1 aliphatic rings. The van der Waals surface area contributed by atoms with Gasteiger partial charge in [0, 0.05) is 6.42 Å². The van der Waals surface area contributed by atoms with Crippen LogP contribution < -0.4 is 10.9 Å². The summed E-state index contributed by atoms with van der Waals surface area (Å²) in [5.74, 6) is -0.411. The molecule has 30 heavy (non-hydrogen) atoms. The number of nitrogens with zero attached hydrogens (tertiary/aromatic N) is 1. The Morgan fingerprint density at radius 1 is 1.13 bits per heavy atom. The molecular weight excluding hydrogens is 382 g/mol. The number of carbonyl (C=O) groups is 2. The number of amides is 1. The van der Waals surface area contributed by atoms with Gasteiger partial charge in [-0.2, -0.15) is 0 Å². The van der Waals surface area contributed by atoms with E-state index >= 15 is 0 Å². The van der Waals surface area contributed by atoms with Crippen molar-refractivity contribution < 1.29 is 14.3 Å². The molecule has 0 radical (unpaired) electrons. The Bertz CT molecular complexity index is 1140. The lowest BCUT2D eigenvalue weighted by molar-refractivity contribution is -0.148. The molecule has 1 atom stereocenters. The van der Waals surface area contributed by atoms with E-state index in [-0.39, 0.29) is 37.0 Å². The largest absolute Gasteiger partial charge is 0.456 e. The smallest absolute Gasteiger partial charge is 0.306 e. The van der Waals surface area contributed by atoms with Gasteiger partial charge in [-0.1, -0.05) is 36.4 Å². The van der Waals surface area contributed by atoms with Crippen molar-refractivity contribution in [2.75, 3.05) is 6.61 Å². The number of aromatic amines is 1. The molecule has 0 fully saturated rings. The molecule has 0 spiro atoms. The van der Waals surface area contributed by atoms with Gasteiger partial charge < -0.3 is 15.0 Å². The first-order valence-corrected chi connectivity index (χ1v) is 10.1. The highest BCUT2D eigenvalue weighted by Gasteiger charge is 2.21. The fraction of sp³-hybridized carbons (Fsp3) is 0.304. The Labute approximate surface area is 173 Å². The summed E-state index contributed by atoms with van der Waals surface area (Å²) in [6.45, 7) is -0.320. The maximum Gasteiger partial charge on any atom is 0.306 e. The topological polar surface area (TPSA) is 101 Å². The highest BCUT2D eigenvalue weighted by atomic mass is 16.5. The molecule has 154 valence electrons. The minimum absolute atomic E-state index is 0.0286. The number of aromatic nitrogens is 2. The van der Waals surface area contributed by atoms with Crippen molar-refractivity contribution in [2.45, 2.75) is 38.1 Å². The second kappa shape index (κ2) is 8.90. The summed E-state index contributed by atoms with van der Waals surface area (Å²) in [6.07, 6.45) is 3.16. The van der Waals surface area contributed by atoms with Crippen LogP contribution in [0.3, 0.4) is 0 Å². The molecule has 1 aromatic heterocycles. The fourth-order valence-electron chi connectivity index (χ4n) is 3.83. The average Bonchev–Trinajstić information content (AvgIpc) is 2.76. The SMILES string of the molecule is O=C(COC(=O)CCc1nc2ccccc2c(=O)[nH]1)NC1CCCc2ccccc21. The zero-order chi connectivity index (χ0) is 20.9. The highest BCUT2D eigenvalue weighted by molar-refractivity contribution is 5.81. The van der Waals surface area contributed by atoms with E-state index in [2.05, 4.69) is 21.4 Å². The minimum Gasteiger partial charge on any atom is -0.456 e. The summed E-state index contributed by atoms with van der Waals surface area (Å²) in [4.78, 5) is 43.4. The number of carbonyl (C=O) groups excluding carboxylic acids is 2. The average molecular weight is 405 g/mol. The summed E-state index contributed by atoms with van der Waals surface area (Å²) in [5.41, 5.74) is 2.73. The van der Waals surface area contributed by atoms with Gasteiger partial charge >= 0.3 is 5.97 Å². The molecule has 1 aliphatic carbocycles. The molecule has 3 aromatic rings. The summed E-state index contributed by atoms with van der Waals surface area (Å²) in [7, 11) is 0. The number of rotatable bonds is 6. The number of fused-ring (bicyclic) bond motifs is 2. The van der Waals surface area contributed by atoms with Crippen LogP contribution in [0.15, 0.2) is 53.3 Å². The summed E-state index contributed by atoms with van der Waals surface area (Å²) in [6, 6.07) is 15.1. The second-order valence-corrected chi connectivity index (χ2v) is 7.40. The Kier molecular flexibility index (Phi) is 5.88. The number of esters is 1. The third-order valence-electron chi connectivity index (χ3n) is 5.30. The number of aryl methyl sites for hydroxylation is 2. The minimum atomic E-state index is -0.509. The van der Waals surface area contributed by atoms with Gasteiger partial charge in [-0.3, -0.25) is 14.4 Å². The van der Waals surface area contributed by atoms with E-state index < -0.39 is 5.97 Å². The van der Waals surface area contributed by atoms with Crippen LogP contribution in [0.2, 0.25) is 0 Å². The molecule has 2 N–H and O–H groups in total. The maximum absolute atomic E-state index is 12.2. The van der Waals surface area contributed by atoms with E-state index in [0.29, 0.717) is 16.7 Å².